The molecule has 0 bridgehead atoms. The van der Waals surface area contributed by atoms with Crippen LogP contribution in [0.2, 0.25) is 0 Å². The maximum absolute atomic E-state index is 9.89. The quantitative estimate of drug-likeness (QED) is 0.862. The predicted octanol–water partition coefficient (Wildman–Crippen LogP) is 1.32. The number of rotatable bonds is 3. The standard InChI is InChI=1S/C12H21N3O2/c1-5-12(16)7-15(8-12)6-9-13-10(14-17-9)11(2,3)4/h16H,5-8H2,1-4H3. The summed E-state index contributed by atoms with van der Waals surface area (Å²) in [6, 6.07) is 0. The zero-order valence-electron chi connectivity index (χ0n) is 11.0. The van der Waals surface area contributed by atoms with Crippen LogP contribution in [0.4, 0.5) is 0 Å². The molecule has 1 aliphatic heterocycles. The Morgan fingerprint density at radius 3 is 2.53 bits per heavy atom. The lowest BCUT2D eigenvalue weighted by molar-refractivity contribution is -0.106. The second-order valence-electron chi connectivity index (χ2n) is 5.98. The molecule has 96 valence electrons. The smallest absolute Gasteiger partial charge is 0.240 e. The Labute approximate surface area is 102 Å². The van der Waals surface area contributed by atoms with E-state index in [9.17, 15) is 5.11 Å². The fraction of sp³-hybridized carbons (Fsp3) is 0.833. The summed E-state index contributed by atoms with van der Waals surface area (Å²) < 4.78 is 5.21. The number of β-amino-alcohol motifs (C(OH)–C–C–N with tert-alkyl or cyclic N) is 1. The third-order valence-electron chi connectivity index (χ3n) is 3.19. The molecule has 0 unspecified atom stereocenters. The lowest BCUT2D eigenvalue weighted by Crippen LogP contribution is -2.60. The van der Waals surface area contributed by atoms with Crippen molar-refractivity contribution in [1.29, 1.82) is 0 Å². The van der Waals surface area contributed by atoms with Crippen LogP contribution in [0, 0.1) is 0 Å². The monoisotopic (exact) mass is 239 g/mol. The average Bonchev–Trinajstić information content (AvgIpc) is 2.63. The minimum atomic E-state index is -0.507. The molecular weight excluding hydrogens is 218 g/mol. The van der Waals surface area contributed by atoms with Crippen molar-refractivity contribution in [3.05, 3.63) is 11.7 Å². The topological polar surface area (TPSA) is 62.4 Å². The number of hydrogen-bond donors (Lipinski definition) is 1. The Hall–Kier alpha value is -0.940. The Balaban J connectivity index is 1.91. The first-order valence-electron chi connectivity index (χ1n) is 6.10. The van der Waals surface area contributed by atoms with Gasteiger partial charge in [-0.25, -0.2) is 0 Å². The lowest BCUT2D eigenvalue weighted by Gasteiger charge is -2.45. The van der Waals surface area contributed by atoms with E-state index >= 15 is 0 Å². The molecule has 1 saturated heterocycles. The van der Waals surface area contributed by atoms with Crippen LogP contribution in [0.5, 0.6) is 0 Å². The van der Waals surface area contributed by atoms with Crippen molar-refractivity contribution >= 4 is 0 Å². The first-order valence-corrected chi connectivity index (χ1v) is 6.10. The summed E-state index contributed by atoms with van der Waals surface area (Å²) in [5.41, 5.74) is -0.590. The maximum atomic E-state index is 9.89. The summed E-state index contributed by atoms with van der Waals surface area (Å²) in [5.74, 6) is 1.37. The molecule has 1 aromatic rings. The Morgan fingerprint density at radius 1 is 1.41 bits per heavy atom. The van der Waals surface area contributed by atoms with Crippen LogP contribution in [-0.2, 0) is 12.0 Å². The van der Waals surface area contributed by atoms with E-state index in [1.54, 1.807) is 0 Å². The van der Waals surface area contributed by atoms with Gasteiger partial charge in [0.15, 0.2) is 5.82 Å². The zero-order chi connectivity index (χ0) is 12.7. The van der Waals surface area contributed by atoms with E-state index in [-0.39, 0.29) is 5.41 Å². The minimum Gasteiger partial charge on any atom is -0.387 e. The van der Waals surface area contributed by atoms with Gasteiger partial charge in [0.05, 0.1) is 12.1 Å². The first kappa shape index (κ1) is 12.5. The maximum Gasteiger partial charge on any atom is 0.240 e. The van der Waals surface area contributed by atoms with Gasteiger partial charge in [-0.05, 0) is 6.42 Å². The van der Waals surface area contributed by atoms with Crippen LogP contribution in [0.15, 0.2) is 4.52 Å². The van der Waals surface area contributed by atoms with Crippen LogP contribution in [0.3, 0.4) is 0 Å². The van der Waals surface area contributed by atoms with Gasteiger partial charge in [-0.1, -0.05) is 32.9 Å². The summed E-state index contributed by atoms with van der Waals surface area (Å²) in [6.07, 6.45) is 0.792. The van der Waals surface area contributed by atoms with Crippen molar-refractivity contribution in [2.75, 3.05) is 13.1 Å². The third kappa shape index (κ3) is 2.66. The molecule has 0 aromatic carbocycles. The molecule has 0 aliphatic carbocycles. The molecule has 1 N–H and O–H groups in total. The van der Waals surface area contributed by atoms with E-state index in [0.29, 0.717) is 25.5 Å². The van der Waals surface area contributed by atoms with Crippen LogP contribution in [0.1, 0.15) is 45.8 Å². The summed E-state index contributed by atoms with van der Waals surface area (Å²) in [5, 5.41) is 13.9. The van der Waals surface area contributed by atoms with Crippen LogP contribution >= 0.6 is 0 Å². The number of likely N-dealkylation sites (tertiary alicyclic amines) is 1. The van der Waals surface area contributed by atoms with E-state index in [4.69, 9.17) is 4.52 Å². The molecule has 17 heavy (non-hydrogen) atoms. The lowest BCUT2D eigenvalue weighted by atomic mass is 9.91. The zero-order valence-corrected chi connectivity index (χ0v) is 11.0. The number of nitrogens with zero attached hydrogens (tertiary/aromatic N) is 3. The van der Waals surface area contributed by atoms with E-state index < -0.39 is 5.60 Å². The molecule has 1 aliphatic rings. The van der Waals surface area contributed by atoms with E-state index in [1.165, 1.54) is 0 Å². The number of aliphatic hydroxyl groups is 1. The van der Waals surface area contributed by atoms with E-state index in [2.05, 4.69) is 35.8 Å². The summed E-state index contributed by atoms with van der Waals surface area (Å²) in [4.78, 5) is 6.49. The Kier molecular flexibility index (Phi) is 2.99. The molecule has 2 rings (SSSR count). The highest BCUT2D eigenvalue weighted by Crippen LogP contribution is 2.26. The predicted molar refractivity (Wildman–Crippen MR) is 63.5 cm³/mol. The summed E-state index contributed by atoms with van der Waals surface area (Å²) in [7, 11) is 0. The van der Waals surface area contributed by atoms with Crippen LogP contribution in [-0.4, -0.2) is 38.8 Å². The summed E-state index contributed by atoms with van der Waals surface area (Å²) in [6.45, 7) is 10.2. The highest BCUT2D eigenvalue weighted by atomic mass is 16.5. The van der Waals surface area contributed by atoms with Crippen LogP contribution in [0.25, 0.3) is 0 Å². The van der Waals surface area contributed by atoms with Crippen molar-refractivity contribution in [2.24, 2.45) is 0 Å². The molecule has 1 fully saturated rings. The molecule has 0 amide bonds. The van der Waals surface area contributed by atoms with Crippen molar-refractivity contribution < 1.29 is 9.63 Å². The molecule has 2 heterocycles. The largest absolute Gasteiger partial charge is 0.387 e. The number of hydrogen-bond acceptors (Lipinski definition) is 5. The number of aromatic nitrogens is 2. The Morgan fingerprint density at radius 2 is 2.06 bits per heavy atom. The van der Waals surface area contributed by atoms with Gasteiger partial charge >= 0.3 is 0 Å². The van der Waals surface area contributed by atoms with Gasteiger partial charge in [-0.15, -0.1) is 0 Å². The molecule has 0 atom stereocenters. The highest BCUT2D eigenvalue weighted by molar-refractivity contribution is 5.01. The van der Waals surface area contributed by atoms with Crippen molar-refractivity contribution in [3.63, 3.8) is 0 Å². The van der Waals surface area contributed by atoms with Crippen molar-refractivity contribution in [2.45, 2.75) is 51.7 Å². The molecule has 5 heteroatoms. The Bertz CT molecular complexity index is 389. The van der Waals surface area contributed by atoms with Gasteiger partial charge in [0.25, 0.3) is 0 Å². The second kappa shape index (κ2) is 4.07. The third-order valence-corrected chi connectivity index (χ3v) is 3.19. The molecule has 0 radical (unpaired) electrons. The van der Waals surface area contributed by atoms with E-state index in [0.717, 1.165) is 12.2 Å². The molecule has 1 aromatic heterocycles. The van der Waals surface area contributed by atoms with Gasteiger partial charge in [0, 0.05) is 18.5 Å². The molecule has 5 nitrogen and oxygen atoms in total. The van der Waals surface area contributed by atoms with Gasteiger partial charge < -0.3 is 9.63 Å². The SMILES string of the molecule is CCC1(O)CN(Cc2nc(C(C)(C)C)no2)C1. The summed E-state index contributed by atoms with van der Waals surface area (Å²) >= 11 is 0. The molecule has 0 saturated carbocycles. The van der Waals surface area contributed by atoms with Gasteiger partial charge in [-0.2, -0.15) is 4.98 Å². The van der Waals surface area contributed by atoms with Crippen LogP contribution < -0.4 is 0 Å². The van der Waals surface area contributed by atoms with E-state index in [1.807, 2.05) is 6.92 Å². The first-order chi connectivity index (χ1) is 7.82. The van der Waals surface area contributed by atoms with Gasteiger partial charge in [0.2, 0.25) is 5.89 Å². The highest BCUT2D eigenvalue weighted by Gasteiger charge is 2.39. The molecule has 0 spiro atoms. The second-order valence-corrected chi connectivity index (χ2v) is 5.98. The molecular formula is C12H21N3O2. The van der Waals surface area contributed by atoms with Crippen molar-refractivity contribution in [1.82, 2.24) is 15.0 Å². The van der Waals surface area contributed by atoms with Gasteiger partial charge in [0.1, 0.15) is 0 Å². The average molecular weight is 239 g/mol. The normalized spacial score (nSPS) is 20.3. The fourth-order valence-electron chi connectivity index (χ4n) is 1.94. The van der Waals surface area contributed by atoms with Crippen molar-refractivity contribution in [3.8, 4) is 0 Å². The fourth-order valence-corrected chi connectivity index (χ4v) is 1.94. The minimum absolute atomic E-state index is 0.0825. The van der Waals surface area contributed by atoms with Gasteiger partial charge in [-0.3, -0.25) is 4.90 Å².